The van der Waals surface area contributed by atoms with Gasteiger partial charge >= 0.3 is 0 Å². The third kappa shape index (κ3) is 4.80. The van der Waals surface area contributed by atoms with Gasteiger partial charge in [-0.25, -0.2) is 4.98 Å². The van der Waals surface area contributed by atoms with E-state index in [1.165, 1.54) is 17.0 Å². The van der Waals surface area contributed by atoms with E-state index in [4.69, 9.17) is 4.74 Å². The van der Waals surface area contributed by atoms with Crippen LogP contribution in [0.4, 0.5) is 5.69 Å². The van der Waals surface area contributed by atoms with Crippen LogP contribution >= 0.6 is 11.3 Å². The highest BCUT2D eigenvalue weighted by molar-refractivity contribution is 7.18. The summed E-state index contributed by atoms with van der Waals surface area (Å²) in [5.41, 5.74) is 3.13. The standard InChI is InChI=1S/C23H28N4O3S/c1-15-16(2)31-23-21(15)22(29)24-19(25-23)8-9-20(28)26(3)14-17-4-6-18(7-5-17)27-10-12-30-13-11-27/h4-7H,8-14H2,1-3H3,(H,24,25,29). The molecule has 0 unspecified atom stereocenters. The first-order chi connectivity index (χ1) is 14.9. The molecule has 1 amide bonds. The number of aryl methyl sites for hydroxylation is 3. The summed E-state index contributed by atoms with van der Waals surface area (Å²) in [5.74, 6) is 0.592. The lowest BCUT2D eigenvalue weighted by Crippen LogP contribution is -2.36. The first-order valence-electron chi connectivity index (χ1n) is 10.6. The van der Waals surface area contributed by atoms with Crippen molar-refractivity contribution in [3.8, 4) is 0 Å². The van der Waals surface area contributed by atoms with Crippen molar-refractivity contribution < 1.29 is 9.53 Å². The van der Waals surface area contributed by atoms with Gasteiger partial charge in [-0.05, 0) is 37.1 Å². The van der Waals surface area contributed by atoms with E-state index in [0.29, 0.717) is 30.6 Å². The fourth-order valence-corrected chi connectivity index (χ4v) is 4.88. The number of morpholine rings is 1. The molecule has 4 rings (SSSR count). The molecule has 3 heterocycles. The van der Waals surface area contributed by atoms with Crippen LogP contribution in [0.2, 0.25) is 0 Å². The van der Waals surface area contributed by atoms with E-state index in [9.17, 15) is 9.59 Å². The highest BCUT2D eigenvalue weighted by Gasteiger charge is 2.15. The van der Waals surface area contributed by atoms with Gasteiger partial charge in [-0.2, -0.15) is 0 Å². The Morgan fingerprint density at radius 2 is 1.94 bits per heavy atom. The molecule has 0 spiro atoms. The van der Waals surface area contributed by atoms with E-state index < -0.39 is 0 Å². The Balaban J connectivity index is 1.34. The summed E-state index contributed by atoms with van der Waals surface area (Å²) < 4.78 is 5.40. The van der Waals surface area contributed by atoms with Gasteiger partial charge in [0.05, 0.1) is 18.6 Å². The zero-order chi connectivity index (χ0) is 22.0. The number of nitrogens with zero attached hydrogens (tertiary/aromatic N) is 3. The highest BCUT2D eigenvalue weighted by Crippen LogP contribution is 2.25. The minimum atomic E-state index is -0.122. The molecule has 1 aliphatic heterocycles. The number of rotatable bonds is 6. The van der Waals surface area contributed by atoms with Crippen molar-refractivity contribution in [3.05, 3.63) is 56.4 Å². The third-order valence-corrected chi connectivity index (χ3v) is 6.92. The summed E-state index contributed by atoms with van der Waals surface area (Å²) in [6.45, 7) is 7.82. The Kier molecular flexibility index (Phi) is 6.38. The maximum Gasteiger partial charge on any atom is 0.259 e. The maximum atomic E-state index is 12.6. The van der Waals surface area contributed by atoms with Gasteiger partial charge in [0.1, 0.15) is 10.7 Å². The minimum Gasteiger partial charge on any atom is -0.378 e. The van der Waals surface area contributed by atoms with Crippen LogP contribution < -0.4 is 10.5 Å². The number of carbonyl (C=O) groups is 1. The normalized spacial score (nSPS) is 14.2. The van der Waals surface area contributed by atoms with Gasteiger partial charge in [0.2, 0.25) is 5.91 Å². The van der Waals surface area contributed by atoms with Crippen LogP contribution in [0.1, 0.15) is 28.2 Å². The smallest absolute Gasteiger partial charge is 0.259 e. The molecule has 1 N–H and O–H groups in total. The quantitative estimate of drug-likeness (QED) is 0.638. The van der Waals surface area contributed by atoms with Crippen molar-refractivity contribution in [1.29, 1.82) is 0 Å². The van der Waals surface area contributed by atoms with E-state index in [2.05, 4.69) is 39.1 Å². The molecule has 0 aliphatic carbocycles. The molecule has 3 aromatic rings. The summed E-state index contributed by atoms with van der Waals surface area (Å²) in [4.78, 5) is 38.3. The zero-order valence-corrected chi connectivity index (χ0v) is 19.1. The van der Waals surface area contributed by atoms with E-state index in [1.54, 1.807) is 4.90 Å². The number of carbonyl (C=O) groups excluding carboxylic acids is 1. The molecule has 0 atom stereocenters. The number of hydrogen-bond acceptors (Lipinski definition) is 6. The minimum absolute atomic E-state index is 0.0264. The molecular weight excluding hydrogens is 412 g/mol. The monoisotopic (exact) mass is 440 g/mol. The van der Waals surface area contributed by atoms with Crippen LogP contribution in [0.25, 0.3) is 10.2 Å². The predicted molar refractivity (Wildman–Crippen MR) is 124 cm³/mol. The van der Waals surface area contributed by atoms with Crippen LogP contribution in [-0.4, -0.2) is 54.1 Å². The highest BCUT2D eigenvalue weighted by atomic mass is 32.1. The lowest BCUT2D eigenvalue weighted by molar-refractivity contribution is -0.130. The van der Waals surface area contributed by atoms with Crippen LogP contribution in [0, 0.1) is 13.8 Å². The summed E-state index contributed by atoms with van der Waals surface area (Å²) in [6.07, 6.45) is 0.723. The second kappa shape index (κ2) is 9.20. The first-order valence-corrected chi connectivity index (χ1v) is 11.4. The van der Waals surface area contributed by atoms with E-state index >= 15 is 0 Å². The van der Waals surface area contributed by atoms with E-state index in [0.717, 1.165) is 47.1 Å². The number of benzene rings is 1. The average molecular weight is 441 g/mol. The Bertz CT molecular complexity index is 1130. The van der Waals surface area contributed by atoms with Crippen LogP contribution in [0.5, 0.6) is 0 Å². The molecule has 164 valence electrons. The van der Waals surface area contributed by atoms with Crippen molar-refractivity contribution in [2.45, 2.75) is 33.2 Å². The summed E-state index contributed by atoms with van der Waals surface area (Å²) in [7, 11) is 1.81. The number of aromatic amines is 1. The zero-order valence-electron chi connectivity index (χ0n) is 18.2. The molecular formula is C23H28N4O3S. The molecule has 31 heavy (non-hydrogen) atoms. The SMILES string of the molecule is Cc1sc2nc(CCC(=O)N(C)Cc3ccc(N4CCOCC4)cc3)[nH]c(=O)c2c1C. The second-order valence-electron chi connectivity index (χ2n) is 7.99. The lowest BCUT2D eigenvalue weighted by atomic mass is 10.1. The Hall–Kier alpha value is -2.71. The molecule has 8 heteroatoms. The van der Waals surface area contributed by atoms with Crippen molar-refractivity contribution in [2.24, 2.45) is 0 Å². The Labute approximate surface area is 185 Å². The van der Waals surface area contributed by atoms with Crippen molar-refractivity contribution in [1.82, 2.24) is 14.9 Å². The fourth-order valence-electron chi connectivity index (χ4n) is 3.83. The van der Waals surface area contributed by atoms with Crippen molar-refractivity contribution in [3.63, 3.8) is 0 Å². The van der Waals surface area contributed by atoms with Gasteiger partial charge in [-0.1, -0.05) is 12.1 Å². The number of anilines is 1. The molecule has 0 bridgehead atoms. The van der Waals surface area contributed by atoms with Crippen molar-refractivity contribution in [2.75, 3.05) is 38.3 Å². The van der Waals surface area contributed by atoms with Gasteiger partial charge in [0.25, 0.3) is 5.56 Å². The largest absolute Gasteiger partial charge is 0.378 e. The van der Waals surface area contributed by atoms with Gasteiger partial charge < -0.3 is 19.5 Å². The Morgan fingerprint density at radius 1 is 1.23 bits per heavy atom. The number of fused-ring (bicyclic) bond motifs is 1. The predicted octanol–water partition coefficient (Wildman–Crippen LogP) is 3.03. The number of H-pyrrole nitrogens is 1. The van der Waals surface area contributed by atoms with Crippen molar-refractivity contribution >= 4 is 33.1 Å². The van der Waals surface area contributed by atoms with Crippen LogP contribution in [0.15, 0.2) is 29.1 Å². The molecule has 1 aliphatic rings. The lowest BCUT2D eigenvalue weighted by Gasteiger charge is -2.29. The van der Waals surface area contributed by atoms with Crippen LogP contribution in [0.3, 0.4) is 0 Å². The summed E-state index contributed by atoms with van der Waals surface area (Å²) in [6, 6.07) is 8.35. The molecule has 0 radical (unpaired) electrons. The average Bonchev–Trinajstić information content (AvgIpc) is 3.07. The summed E-state index contributed by atoms with van der Waals surface area (Å²) in [5, 5.41) is 0.662. The van der Waals surface area contributed by atoms with Gasteiger partial charge in [0, 0.05) is 50.1 Å². The van der Waals surface area contributed by atoms with Crippen LogP contribution in [-0.2, 0) is 22.5 Å². The fraction of sp³-hybridized carbons (Fsp3) is 0.435. The molecule has 2 aromatic heterocycles. The maximum absolute atomic E-state index is 12.6. The molecule has 7 nitrogen and oxygen atoms in total. The third-order valence-electron chi connectivity index (χ3n) is 5.82. The number of thiophene rings is 1. The van der Waals surface area contributed by atoms with Gasteiger partial charge in [0.15, 0.2) is 0 Å². The number of amides is 1. The molecule has 1 saturated heterocycles. The molecule has 0 saturated carbocycles. The number of aromatic nitrogens is 2. The number of ether oxygens (including phenoxy) is 1. The van der Waals surface area contributed by atoms with Gasteiger partial charge in [-0.15, -0.1) is 11.3 Å². The molecule has 1 fully saturated rings. The van der Waals surface area contributed by atoms with E-state index in [-0.39, 0.29) is 11.5 Å². The van der Waals surface area contributed by atoms with Gasteiger partial charge in [-0.3, -0.25) is 9.59 Å². The van der Waals surface area contributed by atoms with E-state index in [1.807, 2.05) is 20.9 Å². The second-order valence-corrected chi connectivity index (χ2v) is 9.19. The molecule has 1 aromatic carbocycles. The topological polar surface area (TPSA) is 78.5 Å². The summed E-state index contributed by atoms with van der Waals surface area (Å²) >= 11 is 1.52. The number of hydrogen-bond donors (Lipinski definition) is 1. The first kappa shape index (κ1) is 21.5. The number of nitrogens with one attached hydrogen (secondary N) is 1. The Morgan fingerprint density at radius 3 is 2.65 bits per heavy atom.